The van der Waals surface area contributed by atoms with Crippen LogP contribution in [-0.4, -0.2) is 11.2 Å². The van der Waals surface area contributed by atoms with Gasteiger partial charge in [0.2, 0.25) is 0 Å². The second-order valence-corrected chi connectivity index (χ2v) is 3.67. The molecule has 0 amide bonds. The van der Waals surface area contributed by atoms with Gasteiger partial charge in [0.05, 0.1) is 4.92 Å². The van der Waals surface area contributed by atoms with Crippen LogP contribution in [0.1, 0.15) is 10.4 Å². The van der Waals surface area contributed by atoms with Crippen LogP contribution in [0.4, 0.5) is 17.1 Å². The molecule has 18 heavy (non-hydrogen) atoms. The predicted molar refractivity (Wildman–Crippen MR) is 68.2 cm³/mol. The van der Waals surface area contributed by atoms with E-state index in [0.717, 1.165) is 17.7 Å². The Bertz CT molecular complexity index is 562. The first-order valence-corrected chi connectivity index (χ1v) is 5.26. The number of nitrogens with zero attached hydrogens (tertiary/aromatic N) is 1. The molecular formula is C13H10N2O3. The Labute approximate surface area is 103 Å². The molecule has 0 fully saturated rings. The van der Waals surface area contributed by atoms with Crippen LogP contribution < -0.4 is 5.32 Å². The van der Waals surface area contributed by atoms with E-state index in [0.29, 0.717) is 5.56 Å². The van der Waals surface area contributed by atoms with E-state index in [1.807, 2.05) is 0 Å². The van der Waals surface area contributed by atoms with Gasteiger partial charge in [-0.25, -0.2) is 0 Å². The first kappa shape index (κ1) is 11.8. The van der Waals surface area contributed by atoms with Crippen LogP contribution in [0.25, 0.3) is 0 Å². The van der Waals surface area contributed by atoms with Gasteiger partial charge in [-0.3, -0.25) is 14.9 Å². The Balaban J connectivity index is 2.12. The van der Waals surface area contributed by atoms with Crippen molar-refractivity contribution in [3.63, 3.8) is 0 Å². The molecule has 0 aliphatic rings. The van der Waals surface area contributed by atoms with Crippen LogP contribution in [0.2, 0.25) is 0 Å². The summed E-state index contributed by atoms with van der Waals surface area (Å²) in [5.41, 5.74) is 2.22. The van der Waals surface area contributed by atoms with E-state index in [1.165, 1.54) is 12.1 Å². The van der Waals surface area contributed by atoms with Gasteiger partial charge in [0.25, 0.3) is 5.69 Å². The molecule has 1 N–H and O–H groups in total. The van der Waals surface area contributed by atoms with Crippen LogP contribution in [0, 0.1) is 10.1 Å². The maximum atomic E-state index is 10.5. The van der Waals surface area contributed by atoms with Crippen LogP contribution in [0.15, 0.2) is 48.5 Å². The number of benzene rings is 2. The third-order valence-corrected chi connectivity index (χ3v) is 2.41. The van der Waals surface area contributed by atoms with Gasteiger partial charge in [-0.15, -0.1) is 0 Å². The fraction of sp³-hybridized carbons (Fsp3) is 0. The zero-order valence-corrected chi connectivity index (χ0v) is 9.37. The number of rotatable bonds is 4. The second-order valence-electron chi connectivity index (χ2n) is 3.67. The molecule has 2 aromatic carbocycles. The maximum absolute atomic E-state index is 10.5. The summed E-state index contributed by atoms with van der Waals surface area (Å²) in [5.74, 6) is 0. The Hall–Kier alpha value is -2.69. The number of hydrogen-bond acceptors (Lipinski definition) is 4. The van der Waals surface area contributed by atoms with Crippen LogP contribution >= 0.6 is 0 Å². The lowest BCUT2D eigenvalue weighted by Gasteiger charge is -2.05. The van der Waals surface area contributed by atoms with Crippen LogP contribution in [0.3, 0.4) is 0 Å². The molecule has 90 valence electrons. The predicted octanol–water partition coefficient (Wildman–Crippen LogP) is 3.15. The summed E-state index contributed by atoms with van der Waals surface area (Å²) in [5, 5.41) is 13.6. The molecule has 0 saturated heterocycles. The van der Waals surface area contributed by atoms with E-state index in [-0.39, 0.29) is 5.69 Å². The van der Waals surface area contributed by atoms with E-state index in [9.17, 15) is 14.9 Å². The summed E-state index contributed by atoms with van der Waals surface area (Å²) < 4.78 is 0. The molecule has 2 aromatic rings. The number of hydrogen-bond donors (Lipinski definition) is 1. The standard InChI is InChI=1S/C13H10N2O3/c16-9-10-1-3-11(4-2-10)14-12-5-7-13(8-6-12)15(17)18/h1-9,14H. The molecule has 0 radical (unpaired) electrons. The molecule has 0 spiro atoms. The van der Waals surface area contributed by atoms with Crippen molar-refractivity contribution in [2.45, 2.75) is 0 Å². The summed E-state index contributed by atoms with van der Waals surface area (Å²) in [4.78, 5) is 20.5. The van der Waals surface area contributed by atoms with Crippen molar-refractivity contribution in [3.05, 3.63) is 64.2 Å². The summed E-state index contributed by atoms with van der Waals surface area (Å²) >= 11 is 0. The molecule has 5 heteroatoms. The highest BCUT2D eigenvalue weighted by Crippen LogP contribution is 2.19. The number of carbonyl (C=O) groups excluding carboxylic acids is 1. The molecule has 0 aromatic heterocycles. The van der Waals surface area contributed by atoms with Crippen LogP contribution in [-0.2, 0) is 0 Å². The highest BCUT2D eigenvalue weighted by molar-refractivity contribution is 5.76. The Morgan fingerprint density at radius 2 is 1.44 bits per heavy atom. The lowest BCUT2D eigenvalue weighted by Crippen LogP contribution is -1.92. The van der Waals surface area contributed by atoms with Gasteiger partial charge in [0.15, 0.2) is 0 Å². The normalized spacial score (nSPS) is 9.78. The van der Waals surface area contributed by atoms with Gasteiger partial charge in [0.1, 0.15) is 6.29 Å². The fourth-order valence-corrected chi connectivity index (χ4v) is 1.48. The largest absolute Gasteiger partial charge is 0.356 e. The molecule has 0 aliphatic carbocycles. The van der Waals surface area contributed by atoms with Gasteiger partial charge in [0, 0.05) is 29.1 Å². The molecule has 0 atom stereocenters. The van der Waals surface area contributed by atoms with Gasteiger partial charge < -0.3 is 5.32 Å². The molecule has 0 bridgehead atoms. The highest BCUT2D eigenvalue weighted by atomic mass is 16.6. The van der Waals surface area contributed by atoms with E-state index in [1.54, 1.807) is 36.4 Å². The van der Waals surface area contributed by atoms with Crippen molar-refractivity contribution in [3.8, 4) is 0 Å². The fourth-order valence-electron chi connectivity index (χ4n) is 1.48. The summed E-state index contributed by atoms with van der Waals surface area (Å²) in [6.45, 7) is 0. The molecule has 0 heterocycles. The summed E-state index contributed by atoms with van der Waals surface area (Å²) in [6.07, 6.45) is 0.773. The minimum Gasteiger partial charge on any atom is -0.356 e. The van der Waals surface area contributed by atoms with E-state index < -0.39 is 4.92 Å². The minimum atomic E-state index is -0.442. The number of aldehydes is 1. The van der Waals surface area contributed by atoms with E-state index in [2.05, 4.69) is 5.32 Å². The van der Waals surface area contributed by atoms with Crippen molar-refractivity contribution in [1.29, 1.82) is 0 Å². The van der Waals surface area contributed by atoms with Crippen molar-refractivity contribution >= 4 is 23.3 Å². The first-order valence-electron chi connectivity index (χ1n) is 5.26. The molecule has 5 nitrogen and oxygen atoms in total. The number of nitrogens with one attached hydrogen (secondary N) is 1. The van der Waals surface area contributed by atoms with Gasteiger partial charge in [-0.2, -0.15) is 0 Å². The molecule has 0 saturated carbocycles. The van der Waals surface area contributed by atoms with Crippen molar-refractivity contribution in [2.75, 3.05) is 5.32 Å². The Kier molecular flexibility index (Phi) is 3.33. The second kappa shape index (κ2) is 5.09. The first-order chi connectivity index (χ1) is 8.69. The average molecular weight is 242 g/mol. The lowest BCUT2D eigenvalue weighted by atomic mass is 10.2. The topological polar surface area (TPSA) is 72.2 Å². The average Bonchev–Trinajstić information content (AvgIpc) is 2.40. The van der Waals surface area contributed by atoms with Gasteiger partial charge in [-0.1, -0.05) is 0 Å². The number of anilines is 2. The van der Waals surface area contributed by atoms with Crippen molar-refractivity contribution in [1.82, 2.24) is 0 Å². The Morgan fingerprint density at radius 1 is 0.944 bits per heavy atom. The summed E-state index contributed by atoms with van der Waals surface area (Å²) in [7, 11) is 0. The number of carbonyl (C=O) groups is 1. The van der Waals surface area contributed by atoms with Gasteiger partial charge in [-0.05, 0) is 36.4 Å². The van der Waals surface area contributed by atoms with Gasteiger partial charge >= 0.3 is 0 Å². The number of nitro benzene ring substituents is 1. The van der Waals surface area contributed by atoms with Crippen LogP contribution in [0.5, 0.6) is 0 Å². The lowest BCUT2D eigenvalue weighted by molar-refractivity contribution is -0.384. The number of nitro groups is 1. The van der Waals surface area contributed by atoms with E-state index >= 15 is 0 Å². The quantitative estimate of drug-likeness (QED) is 0.507. The highest BCUT2D eigenvalue weighted by Gasteiger charge is 2.03. The zero-order valence-electron chi connectivity index (χ0n) is 9.37. The summed E-state index contributed by atoms with van der Waals surface area (Å²) in [6, 6.07) is 13.1. The Morgan fingerprint density at radius 3 is 1.89 bits per heavy atom. The third kappa shape index (κ3) is 2.70. The third-order valence-electron chi connectivity index (χ3n) is 2.41. The SMILES string of the molecule is O=Cc1ccc(Nc2ccc([N+](=O)[O-])cc2)cc1. The van der Waals surface area contributed by atoms with Crippen molar-refractivity contribution in [2.24, 2.45) is 0 Å². The molecule has 0 unspecified atom stereocenters. The molecule has 2 rings (SSSR count). The van der Waals surface area contributed by atoms with Crippen molar-refractivity contribution < 1.29 is 9.72 Å². The zero-order chi connectivity index (χ0) is 13.0. The smallest absolute Gasteiger partial charge is 0.269 e. The monoisotopic (exact) mass is 242 g/mol. The maximum Gasteiger partial charge on any atom is 0.269 e. The number of non-ortho nitro benzene ring substituents is 1. The van der Waals surface area contributed by atoms with E-state index in [4.69, 9.17) is 0 Å². The molecular weight excluding hydrogens is 232 g/mol. The molecule has 0 aliphatic heterocycles. The minimum absolute atomic E-state index is 0.0526.